The molecule has 2 fully saturated rings. The van der Waals surface area contributed by atoms with Crippen molar-refractivity contribution in [1.29, 1.82) is 0 Å². The van der Waals surface area contributed by atoms with Gasteiger partial charge in [-0.25, -0.2) is 4.79 Å². The van der Waals surface area contributed by atoms with Gasteiger partial charge in [0.25, 0.3) is 5.91 Å². The number of carbonyl (C=O) groups is 2. The number of rotatable bonds is 2. The third kappa shape index (κ3) is 2.90. The number of hydrogen-bond acceptors (Lipinski definition) is 4. The van der Waals surface area contributed by atoms with E-state index in [2.05, 4.69) is 0 Å². The number of piperidine rings is 1. The van der Waals surface area contributed by atoms with E-state index in [1.54, 1.807) is 0 Å². The van der Waals surface area contributed by atoms with Crippen molar-refractivity contribution in [2.45, 2.75) is 38.8 Å². The molecule has 2 atom stereocenters. The van der Waals surface area contributed by atoms with Crippen LogP contribution in [-0.2, 0) is 19.1 Å². The van der Waals surface area contributed by atoms with Gasteiger partial charge < -0.3 is 19.5 Å². The van der Waals surface area contributed by atoms with Gasteiger partial charge in [-0.1, -0.05) is 13.8 Å². The zero-order chi connectivity index (χ0) is 14.0. The highest BCUT2D eigenvalue weighted by Crippen LogP contribution is 2.35. The molecule has 0 aromatic rings. The van der Waals surface area contributed by atoms with Crippen LogP contribution < -0.4 is 0 Å². The van der Waals surface area contributed by atoms with Gasteiger partial charge >= 0.3 is 5.97 Å². The lowest BCUT2D eigenvalue weighted by Crippen LogP contribution is -2.59. The Morgan fingerprint density at radius 2 is 2.05 bits per heavy atom. The summed E-state index contributed by atoms with van der Waals surface area (Å²) < 4.78 is 10.6. The Morgan fingerprint density at radius 3 is 2.63 bits per heavy atom. The fourth-order valence-electron chi connectivity index (χ4n) is 2.91. The van der Waals surface area contributed by atoms with Crippen LogP contribution in [0.1, 0.15) is 26.7 Å². The van der Waals surface area contributed by atoms with Gasteiger partial charge in [-0.05, 0) is 18.3 Å². The summed E-state index contributed by atoms with van der Waals surface area (Å²) in [6.07, 6.45) is 0.954. The standard InChI is InChI=1S/C13H21NO5/c1-13(2)4-3-5-14(10(13)12(16)17)11(15)9-8-18-6-7-19-9/h9-10H,3-8H2,1-2H3,(H,16,17). The Kier molecular flexibility index (Phi) is 4.10. The third-order valence-corrected chi connectivity index (χ3v) is 3.88. The minimum absolute atomic E-state index is 0.210. The fraction of sp³-hybridized carbons (Fsp3) is 0.846. The molecule has 1 amide bonds. The largest absolute Gasteiger partial charge is 0.480 e. The summed E-state index contributed by atoms with van der Waals surface area (Å²) in [5.74, 6) is -1.21. The van der Waals surface area contributed by atoms with Gasteiger partial charge in [0.15, 0.2) is 6.10 Å². The molecule has 2 aliphatic heterocycles. The lowest BCUT2D eigenvalue weighted by atomic mass is 9.76. The molecule has 2 saturated heterocycles. The van der Waals surface area contributed by atoms with Gasteiger partial charge in [0.05, 0.1) is 19.8 Å². The van der Waals surface area contributed by atoms with Gasteiger partial charge in [0.1, 0.15) is 6.04 Å². The Morgan fingerprint density at radius 1 is 1.32 bits per heavy atom. The molecule has 0 aromatic carbocycles. The van der Waals surface area contributed by atoms with Gasteiger partial charge in [-0.2, -0.15) is 0 Å². The van der Waals surface area contributed by atoms with Crippen LogP contribution >= 0.6 is 0 Å². The SMILES string of the molecule is CC1(C)CCCN(C(=O)C2COCCO2)C1C(=O)O. The second-order valence-corrected chi connectivity index (χ2v) is 5.80. The maximum Gasteiger partial charge on any atom is 0.326 e. The number of aliphatic carboxylic acids is 1. The van der Waals surface area contributed by atoms with E-state index in [1.165, 1.54) is 4.90 Å². The van der Waals surface area contributed by atoms with Gasteiger partial charge in [-0.3, -0.25) is 4.79 Å². The first kappa shape index (κ1) is 14.3. The van der Waals surface area contributed by atoms with E-state index in [0.29, 0.717) is 19.8 Å². The van der Waals surface area contributed by atoms with Gasteiger partial charge in [-0.15, -0.1) is 0 Å². The summed E-state index contributed by atoms with van der Waals surface area (Å²) in [6, 6.07) is -0.792. The third-order valence-electron chi connectivity index (χ3n) is 3.88. The lowest BCUT2D eigenvalue weighted by molar-refractivity contribution is -0.172. The van der Waals surface area contributed by atoms with Crippen molar-refractivity contribution in [3.63, 3.8) is 0 Å². The molecule has 19 heavy (non-hydrogen) atoms. The average Bonchev–Trinajstić information content (AvgIpc) is 2.37. The summed E-state index contributed by atoms with van der Waals surface area (Å²) in [4.78, 5) is 25.4. The molecule has 0 bridgehead atoms. The van der Waals surface area contributed by atoms with Crippen LogP contribution in [0.4, 0.5) is 0 Å². The molecule has 1 N–H and O–H groups in total. The fourth-order valence-corrected chi connectivity index (χ4v) is 2.91. The van der Waals surface area contributed by atoms with Crippen molar-refractivity contribution in [2.24, 2.45) is 5.41 Å². The molecule has 2 rings (SSSR count). The van der Waals surface area contributed by atoms with E-state index in [0.717, 1.165) is 12.8 Å². The number of nitrogens with zero attached hydrogens (tertiary/aromatic N) is 1. The maximum atomic E-state index is 12.4. The van der Waals surface area contributed by atoms with Crippen LogP contribution in [0.15, 0.2) is 0 Å². The molecule has 108 valence electrons. The molecule has 2 aliphatic rings. The van der Waals surface area contributed by atoms with E-state index >= 15 is 0 Å². The number of likely N-dealkylation sites (tertiary alicyclic amines) is 1. The first-order valence-corrected chi connectivity index (χ1v) is 6.66. The van der Waals surface area contributed by atoms with Gasteiger partial charge in [0.2, 0.25) is 0 Å². The molecular weight excluding hydrogens is 250 g/mol. The van der Waals surface area contributed by atoms with Gasteiger partial charge in [0, 0.05) is 6.54 Å². The number of carbonyl (C=O) groups excluding carboxylic acids is 1. The average molecular weight is 271 g/mol. The molecule has 0 aromatic heterocycles. The number of carboxylic acids is 1. The maximum absolute atomic E-state index is 12.4. The van der Waals surface area contributed by atoms with Crippen LogP contribution in [-0.4, -0.2) is 60.4 Å². The highest BCUT2D eigenvalue weighted by Gasteiger charge is 2.46. The van der Waals surface area contributed by atoms with Crippen LogP contribution in [0.5, 0.6) is 0 Å². The van der Waals surface area contributed by atoms with E-state index in [-0.39, 0.29) is 12.5 Å². The predicted molar refractivity (Wildman–Crippen MR) is 66.7 cm³/mol. The number of carboxylic acid groups (broad SMARTS) is 1. The Bertz CT molecular complexity index is 362. The molecule has 2 heterocycles. The molecule has 0 radical (unpaired) electrons. The molecule has 2 unspecified atom stereocenters. The monoisotopic (exact) mass is 271 g/mol. The highest BCUT2D eigenvalue weighted by atomic mass is 16.6. The van der Waals surface area contributed by atoms with Crippen LogP contribution in [0.3, 0.4) is 0 Å². The molecular formula is C13H21NO5. The van der Waals surface area contributed by atoms with Crippen LogP contribution in [0, 0.1) is 5.41 Å². The smallest absolute Gasteiger partial charge is 0.326 e. The zero-order valence-electron chi connectivity index (χ0n) is 11.4. The second kappa shape index (κ2) is 5.46. The van der Waals surface area contributed by atoms with Crippen molar-refractivity contribution in [3.8, 4) is 0 Å². The molecule has 0 aliphatic carbocycles. The Labute approximate surface area is 112 Å². The minimum atomic E-state index is -0.949. The van der Waals surface area contributed by atoms with Crippen molar-refractivity contribution >= 4 is 11.9 Å². The number of ether oxygens (including phenoxy) is 2. The highest BCUT2D eigenvalue weighted by molar-refractivity contribution is 5.87. The zero-order valence-corrected chi connectivity index (χ0v) is 11.4. The minimum Gasteiger partial charge on any atom is -0.480 e. The van der Waals surface area contributed by atoms with Crippen molar-refractivity contribution < 1.29 is 24.2 Å². The summed E-state index contributed by atoms with van der Waals surface area (Å²) in [6.45, 7) is 5.33. The second-order valence-electron chi connectivity index (χ2n) is 5.80. The van der Waals surface area contributed by atoms with E-state index in [1.807, 2.05) is 13.8 Å². The van der Waals surface area contributed by atoms with E-state index in [4.69, 9.17) is 9.47 Å². The predicted octanol–water partition coefficient (Wildman–Crippen LogP) is 0.504. The first-order chi connectivity index (χ1) is 8.93. The van der Waals surface area contributed by atoms with Crippen LogP contribution in [0.2, 0.25) is 0 Å². The first-order valence-electron chi connectivity index (χ1n) is 6.66. The number of amides is 1. The Balaban J connectivity index is 2.15. The van der Waals surface area contributed by atoms with E-state index < -0.39 is 23.5 Å². The molecule has 6 nitrogen and oxygen atoms in total. The summed E-state index contributed by atoms with van der Waals surface area (Å²) in [5.41, 5.74) is -0.421. The summed E-state index contributed by atoms with van der Waals surface area (Å²) in [5, 5.41) is 9.43. The topological polar surface area (TPSA) is 76.1 Å². The van der Waals surface area contributed by atoms with Crippen LogP contribution in [0.25, 0.3) is 0 Å². The summed E-state index contributed by atoms with van der Waals surface area (Å²) in [7, 11) is 0. The summed E-state index contributed by atoms with van der Waals surface area (Å²) >= 11 is 0. The molecule has 0 saturated carbocycles. The molecule has 0 spiro atoms. The Hall–Kier alpha value is -1.14. The lowest BCUT2D eigenvalue weighted by Gasteiger charge is -2.45. The number of hydrogen-bond donors (Lipinski definition) is 1. The van der Waals surface area contributed by atoms with E-state index in [9.17, 15) is 14.7 Å². The van der Waals surface area contributed by atoms with Crippen molar-refractivity contribution in [1.82, 2.24) is 4.90 Å². The quantitative estimate of drug-likeness (QED) is 0.791. The van der Waals surface area contributed by atoms with Crippen molar-refractivity contribution in [2.75, 3.05) is 26.4 Å². The van der Waals surface area contributed by atoms with Crippen molar-refractivity contribution in [3.05, 3.63) is 0 Å². The molecule has 6 heteroatoms. The normalized spacial score (nSPS) is 30.9.